The lowest BCUT2D eigenvalue weighted by Gasteiger charge is -2.48. The van der Waals surface area contributed by atoms with E-state index in [4.69, 9.17) is 19.4 Å². The number of likely N-dealkylation sites (tertiary alicyclic amines) is 2. The van der Waals surface area contributed by atoms with Gasteiger partial charge in [-0.1, -0.05) is 40.3 Å². The van der Waals surface area contributed by atoms with E-state index < -0.39 is 34.0 Å². The third-order valence-corrected chi connectivity index (χ3v) is 18.7. The van der Waals surface area contributed by atoms with Gasteiger partial charge in [-0.05, 0) is 106 Å². The summed E-state index contributed by atoms with van der Waals surface area (Å²) in [6, 6.07) is 8.84. The highest BCUT2D eigenvalue weighted by Crippen LogP contribution is 2.62. The van der Waals surface area contributed by atoms with Crippen LogP contribution in [-0.2, 0) is 48.0 Å². The molecule has 0 saturated carbocycles. The van der Waals surface area contributed by atoms with Crippen molar-refractivity contribution in [2.45, 2.75) is 128 Å². The number of urea groups is 1. The summed E-state index contributed by atoms with van der Waals surface area (Å²) in [5.41, 5.74) is 8.89. The third kappa shape index (κ3) is 9.63. The molecule has 6 bridgehead atoms. The van der Waals surface area contributed by atoms with E-state index in [9.17, 15) is 14.4 Å². The number of methoxy groups -OCH3 is 1. The van der Waals surface area contributed by atoms with Crippen LogP contribution in [0.15, 0.2) is 54.6 Å². The number of nitrogens with one attached hydrogen (secondary N) is 1. The second-order valence-corrected chi connectivity index (χ2v) is 24.4. The number of hydrogen-bond donors (Lipinski definition) is 1. The highest BCUT2D eigenvalue weighted by molar-refractivity contribution is 7.10. The predicted molar refractivity (Wildman–Crippen MR) is 276 cm³/mol. The minimum atomic E-state index is -1.10. The molecule has 2 radical (unpaired) electrons. The molecule has 3 aromatic heterocycles. The van der Waals surface area contributed by atoms with Crippen LogP contribution in [0.3, 0.4) is 0 Å². The standard InChI is InChI=1S/C54H70N8O7SSi/c1-10-43(63)60-23-14-19-53(31-60)20-25-59(26-21-53)51(67)58(8)45(33(3)4)47(64)48-54(71-48)29-42-56-40(30-70-42)35-17-18-41-37(27-35)38(46(61(41)11-2)36-15-12-22-55-44(36)34(5)68-9)28-52(6,7)32-69-49(65)39-16-13-24-62(57-39)50(54)66/h10,12,15,17-18,22,27,30,33-34,39,45,48,57H,1,11,13-14,16,19-21,23-26,28-29,31-32H2,2-9H3/t34-,39-,45-,48?,54?/m0/s1. The fourth-order valence-electron chi connectivity index (χ4n) is 12.0. The number of nitrogens with zero attached hydrogens (tertiary/aromatic N) is 7. The Morgan fingerprint density at radius 2 is 1.83 bits per heavy atom. The molecular formula is C54H70N8O7SSi. The Morgan fingerprint density at radius 1 is 1.06 bits per heavy atom. The number of hydrazine groups is 1. The Labute approximate surface area is 424 Å². The quantitative estimate of drug-likeness (QED) is 0.0992. The minimum absolute atomic E-state index is 0.0362. The van der Waals surface area contributed by atoms with Crippen LogP contribution < -0.4 is 5.43 Å². The number of hydrogen-bond acceptors (Lipinski definition) is 11. The van der Waals surface area contributed by atoms with Crippen LogP contribution in [0.1, 0.15) is 102 Å². The summed E-state index contributed by atoms with van der Waals surface area (Å²) >= 11 is 1.49. The number of aryl methyl sites for hydroxylation is 1. The van der Waals surface area contributed by atoms with E-state index in [0.29, 0.717) is 52.0 Å². The number of benzene rings is 1. The van der Waals surface area contributed by atoms with Gasteiger partial charge in [-0.25, -0.2) is 15.2 Å². The highest BCUT2D eigenvalue weighted by Gasteiger charge is 2.67. The van der Waals surface area contributed by atoms with Gasteiger partial charge in [0.25, 0.3) is 0 Å². The zero-order valence-corrected chi connectivity index (χ0v) is 44.5. The molecule has 8 heterocycles. The maximum atomic E-state index is 15.2. The number of esters is 1. The molecule has 1 aromatic carbocycles. The van der Waals surface area contributed by atoms with Gasteiger partial charge in [0.05, 0.1) is 55.4 Å². The van der Waals surface area contributed by atoms with Crippen molar-refractivity contribution in [1.82, 2.24) is 39.7 Å². The lowest BCUT2D eigenvalue weighted by molar-refractivity contribution is -0.155. The number of Topliss-reactive ketones (excluding diaryl/α,β-unsaturated/α-hetero) is 1. The Kier molecular flexibility index (Phi) is 14.3. The monoisotopic (exact) mass is 1000 g/mol. The van der Waals surface area contributed by atoms with Crippen molar-refractivity contribution in [3.05, 3.63) is 70.8 Å². The first-order valence-electron chi connectivity index (χ1n) is 25.5. The molecule has 4 aromatic rings. The van der Waals surface area contributed by atoms with Crippen molar-refractivity contribution in [3.8, 4) is 22.5 Å². The Hall–Kier alpha value is -5.23. The van der Waals surface area contributed by atoms with Gasteiger partial charge in [-0.3, -0.25) is 29.2 Å². The summed E-state index contributed by atoms with van der Waals surface area (Å²) in [6.07, 6.45) is 8.35. The number of carbonyl (C=O) groups is 5. The third-order valence-electron chi connectivity index (χ3n) is 15.9. The number of piperidine rings is 2. The number of ketones is 1. The number of ether oxygens (including phenoxy) is 2. The summed E-state index contributed by atoms with van der Waals surface area (Å²) in [7, 11) is 3.38. The molecule has 9 rings (SSSR count). The maximum absolute atomic E-state index is 15.2. The average Bonchev–Trinajstić information content (AvgIpc) is 3.77. The topological polar surface area (TPSA) is 160 Å². The van der Waals surface area contributed by atoms with E-state index in [1.54, 1.807) is 30.3 Å². The van der Waals surface area contributed by atoms with Crippen molar-refractivity contribution < 1.29 is 33.4 Å². The van der Waals surface area contributed by atoms with Crippen LogP contribution in [0.25, 0.3) is 33.4 Å². The normalized spacial score (nSPS) is 24.2. The lowest BCUT2D eigenvalue weighted by Crippen LogP contribution is -2.57. The number of cyclic esters (lactones) is 1. The molecule has 15 nitrogen and oxygen atoms in total. The van der Waals surface area contributed by atoms with Gasteiger partial charge in [0.15, 0.2) is 5.78 Å². The summed E-state index contributed by atoms with van der Waals surface area (Å²) in [6.45, 7) is 19.7. The number of likely N-dealkylation sites (N-methyl/N-ethyl adjacent to an activating group) is 1. The van der Waals surface area contributed by atoms with Crippen molar-refractivity contribution in [1.29, 1.82) is 0 Å². The molecule has 2 unspecified atom stereocenters. The second kappa shape index (κ2) is 20.0. The molecule has 4 amide bonds. The van der Waals surface area contributed by atoms with Crippen LogP contribution in [0.5, 0.6) is 0 Å². The average molecular weight is 1000 g/mol. The predicted octanol–water partition coefficient (Wildman–Crippen LogP) is 7.92. The van der Waals surface area contributed by atoms with Crippen LogP contribution in [0.2, 0.25) is 10.6 Å². The first-order chi connectivity index (χ1) is 33.9. The van der Waals surface area contributed by atoms with E-state index in [1.165, 1.54) is 17.4 Å². The van der Waals surface area contributed by atoms with Crippen LogP contribution in [0, 0.1) is 16.7 Å². The highest BCUT2D eigenvalue weighted by atomic mass is 32.1. The summed E-state index contributed by atoms with van der Waals surface area (Å²) in [5, 5.41) is 4.32. The number of thiazole rings is 1. The molecule has 5 aliphatic heterocycles. The van der Waals surface area contributed by atoms with E-state index in [-0.39, 0.29) is 63.6 Å². The zero-order valence-electron chi connectivity index (χ0n) is 42.7. The van der Waals surface area contributed by atoms with Crippen molar-refractivity contribution in [2.24, 2.45) is 16.7 Å². The summed E-state index contributed by atoms with van der Waals surface area (Å²) < 4.78 is 14.4. The van der Waals surface area contributed by atoms with Crippen LogP contribution in [0.4, 0.5) is 4.79 Å². The number of pyridine rings is 1. The van der Waals surface area contributed by atoms with Gasteiger partial charge >= 0.3 is 12.0 Å². The van der Waals surface area contributed by atoms with Gasteiger partial charge in [0.1, 0.15) is 6.04 Å². The fraction of sp³-hybridized carbons (Fsp3) is 0.574. The molecule has 1 N–H and O–H groups in total. The first kappa shape index (κ1) is 50.7. The largest absolute Gasteiger partial charge is 0.464 e. The minimum Gasteiger partial charge on any atom is -0.464 e. The Bertz CT molecular complexity index is 2730. The molecule has 17 heteroatoms. The lowest BCUT2D eigenvalue weighted by atomic mass is 9.72. The summed E-state index contributed by atoms with van der Waals surface area (Å²) in [4.78, 5) is 86.7. The molecule has 5 aliphatic rings. The van der Waals surface area contributed by atoms with Crippen LogP contribution >= 0.6 is 11.3 Å². The SMILES string of the molecule is C=CC(=O)N1CCCC2(CCN(C(=O)N(C)[C@H](C(=O)C3[Si]C34Cc3nc(cs3)-c3ccc5c(c3)c(c(-c3cccnc3[C@H](C)OC)n5CC)CC(C)(C)COC(=O)[C@@H]3CCCN(N3)C4=O)C(C)C)CC2)C1. The number of fused-ring (bicyclic) bond motifs is 6. The van der Waals surface area contributed by atoms with E-state index in [1.807, 2.05) is 42.0 Å². The molecule has 4 fully saturated rings. The molecule has 0 aliphatic carbocycles. The second-order valence-electron chi connectivity index (χ2n) is 21.7. The fourth-order valence-corrected chi connectivity index (χ4v) is 14.7. The van der Waals surface area contributed by atoms with Gasteiger partial charge in [-0.2, -0.15) is 0 Å². The van der Waals surface area contributed by atoms with E-state index >= 15 is 9.59 Å². The van der Waals surface area contributed by atoms with Crippen LogP contribution in [-0.4, -0.2) is 139 Å². The zero-order chi connectivity index (χ0) is 50.6. The van der Waals surface area contributed by atoms with Crippen molar-refractivity contribution >= 4 is 61.4 Å². The number of aromatic nitrogens is 3. The molecule has 2 spiro atoms. The smallest absolute Gasteiger partial charge is 0.324 e. The molecular weight excluding hydrogens is 933 g/mol. The van der Waals surface area contributed by atoms with Crippen molar-refractivity contribution in [2.75, 3.05) is 53.5 Å². The van der Waals surface area contributed by atoms with E-state index in [0.717, 1.165) is 81.9 Å². The van der Waals surface area contributed by atoms with Gasteiger partial charge < -0.3 is 28.7 Å². The molecule has 4 saturated heterocycles. The molecule has 71 heavy (non-hydrogen) atoms. The Balaban J connectivity index is 1.04. The number of amides is 4. The van der Waals surface area contributed by atoms with Gasteiger partial charge in [0.2, 0.25) is 11.8 Å². The molecule has 378 valence electrons. The van der Waals surface area contributed by atoms with Crippen molar-refractivity contribution in [3.63, 3.8) is 0 Å². The molecule has 5 atom stereocenters. The maximum Gasteiger partial charge on any atom is 0.324 e. The summed E-state index contributed by atoms with van der Waals surface area (Å²) in [5.74, 6) is -1.04. The number of carbonyl (C=O) groups excluding carboxylic acids is 5. The van der Waals surface area contributed by atoms with Gasteiger partial charge in [-0.15, -0.1) is 11.3 Å². The number of rotatable bonds is 9. The first-order valence-corrected chi connectivity index (χ1v) is 27.5. The van der Waals surface area contributed by atoms with E-state index in [2.05, 4.69) is 61.6 Å². The van der Waals surface area contributed by atoms with Gasteiger partial charge in [0, 0.05) is 104 Å². The Morgan fingerprint density at radius 3 is 2.55 bits per heavy atom.